The summed E-state index contributed by atoms with van der Waals surface area (Å²) < 4.78 is 63.4. The van der Waals surface area contributed by atoms with E-state index in [0.29, 0.717) is 88.1 Å². The van der Waals surface area contributed by atoms with Crippen LogP contribution in [0.25, 0.3) is 0 Å². The summed E-state index contributed by atoms with van der Waals surface area (Å²) in [4.78, 5) is 0. The van der Waals surface area contributed by atoms with Crippen molar-refractivity contribution in [2.24, 2.45) is 35.5 Å². The van der Waals surface area contributed by atoms with Crippen molar-refractivity contribution in [1.82, 2.24) is 0 Å². The lowest BCUT2D eigenvalue weighted by Gasteiger charge is -2.26. The molecule has 16 atom stereocenters. The van der Waals surface area contributed by atoms with Gasteiger partial charge in [0.25, 0.3) is 0 Å². The second-order valence-electron chi connectivity index (χ2n) is 18.3. The van der Waals surface area contributed by atoms with Crippen molar-refractivity contribution in [2.75, 3.05) is 79.9 Å². The Balaban J connectivity index is 0.000000421. The monoisotopic (exact) mass is 917 g/mol. The molecule has 4 heterocycles. The van der Waals surface area contributed by atoms with Crippen LogP contribution in [0.2, 0.25) is 0 Å². The maximum absolute atomic E-state index is 12.6. The first-order chi connectivity index (χ1) is 30.0. The van der Waals surface area contributed by atoms with E-state index in [1.54, 1.807) is 0 Å². The fraction of sp³-hybridized carbons (Fsp3) is 1.00. The molecule has 0 amide bonds. The summed E-state index contributed by atoms with van der Waals surface area (Å²) in [5.41, 5.74) is 0. The number of hydrogen-bond acceptors (Lipinski definition) is 15. The molecule has 0 saturated carbocycles. The summed E-state index contributed by atoms with van der Waals surface area (Å²) in [6.07, 6.45) is 2.76. The number of hydrogen-bond donors (Lipinski definition) is 6. The Bertz CT molecular complexity index is 1090. The highest BCUT2D eigenvalue weighted by Crippen LogP contribution is 2.37. The molecule has 0 radical (unpaired) electrons. The van der Waals surface area contributed by atoms with Crippen LogP contribution >= 0.6 is 0 Å². The number of alkyl halides is 1. The van der Waals surface area contributed by atoms with E-state index >= 15 is 0 Å². The first-order valence-electron chi connectivity index (χ1n) is 23.9. The van der Waals surface area contributed by atoms with Gasteiger partial charge in [-0.05, 0) is 84.5 Å². The van der Waals surface area contributed by atoms with Gasteiger partial charge in [-0.2, -0.15) is 0 Å². The van der Waals surface area contributed by atoms with Crippen molar-refractivity contribution in [1.29, 1.82) is 0 Å². The number of ether oxygens (including phenoxy) is 9. The van der Waals surface area contributed by atoms with Crippen LogP contribution in [0.4, 0.5) is 4.39 Å². The molecular weight excluding hydrogens is 824 g/mol. The second kappa shape index (κ2) is 33.7. The largest absolute Gasteiger partial charge is 0.396 e. The predicted octanol–water partition coefficient (Wildman–Crippen LogP) is 4.36. The molecule has 4 saturated heterocycles. The van der Waals surface area contributed by atoms with E-state index in [0.717, 1.165) is 0 Å². The standard InChI is InChI=1S/C13H26O4.C12H24O4.C12H24O3.C10H19FO4/c1-9(2)12-11(5-7-15)17-10(3)13(12)16-8-4-6-14;1-8(2)11-10(7-14)16-9(3)12(11)15-6-4-5-13;1-8(2)11-9(3)15-10(4)12(11)14-7-5-6-13;1-7-9(14-5-3-4-12)10(13-2)8(6-11)15-7/h9-15H,4-8H2,1-3H3;8-14H,4-7H2,1-3H3;8-13H,5-7H2,1-4H3;7-10,12H,3-6H2,1-2H3/t10-,11+,12+,13-;9-,10+,11+,12-;9-,10+,11-,12+;7-,8+,9-,10+/m0010/s1. The fourth-order valence-corrected chi connectivity index (χ4v) is 9.54. The molecule has 16 heteroatoms. The zero-order valence-corrected chi connectivity index (χ0v) is 41.0. The third-order valence-corrected chi connectivity index (χ3v) is 12.5. The zero-order chi connectivity index (χ0) is 47.6. The van der Waals surface area contributed by atoms with Gasteiger partial charge in [0.1, 0.15) is 25.0 Å². The number of methoxy groups -OCH3 is 1. The van der Waals surface area contributed by atoms with Gasteiger partial charge in [0.15, 0.2) is 0 Å². The van der Waals surface area contributed by atoms with Gasteiger partial charge in [-0.15, -0.1) is 0 Å². The lowest BCUT2D eigenvalue weighted by Crippen LogP contribution is -2.37. The lowest BCUT2D eigenvalue weighted by molar-refractivity contribution is -0.0518. The molecule has 63 heavy (non-hydrogen) atoms. The molecule has 0 aromatic rings. The molecule has 4 aliphatic heterocycles. The minimum atomic E-state index is -0.567. The first-order valence-corrected chi connectivity index (χ1v) is 23.9. The highest BCUT2D eigenvalue weighted by atomic mass is 19.1. The molecule has 378 valence electrons. The van der Waals surface area contributed by atoms with Crippen LogP contribution in [0.15, 0.2) is 0 Å². The highest BCUT2D eigenvalue weighted by Gasteiger charge is 2.46. The van der Waals surface area contributed by atoms with E-state index in [4.69, 9.17) is 68.2 Å². The average Bonchev–Trinajstić information content (AvgIpc) is 3.94. The van der Waals surface area contributed by atoms with E-state index in [1.165, 1.54) is 7.11 Å². The Hall–Kier alpha value is -0.670. The zero-order valence-electron chi connectivity index (χ0n) is 41.0. The first kappa shape index (κ1) is 60.3. The molecule has 0 spiro atoms. The summed E-state index contributed by atoms with van der Waals surface area (Å²) in [7, 11) is 1.52. The number of aliphatic hydroxyl groups excluding tert-OH is 6. The van der Waals surface area contributed by atoms with Crippen LogP contribution in [0.3, 0.4) is 0 Å². The second-order valence-corrected chi connectivity index (χ2v) is 18.3. The molecule has 6 N–H and O–H groups in total. The van der Waals surface area contributed by atoms with Crippen LogP contribution in [-0.4, -0.2) is 190 Å². The van der Waals surface area contributed by atoms with Gasteiger partial charge in [-0.1, -0.05) is 41.5 Å². The molecule has 0 unspecified atom stereocenters. The van der Waals surface area contributed by atoms with Crippen molar-refractivity contribution in [3.8, 4) is 0 Å². The molecular formula is C47H93FO15. The maximum atomic E-state index is 12.6. The van der Waals surface area contributed by atoms with E-state index in [1.807, 2.05) is 20.8 Å². The fourth-order valence-electron chi connectivity index (χ4n) is 9.54. The molecule has 0 aromatic carbocycles. The third-order valence-electron chi connectivity index (χ3n) is 12.5. The van der Waals surface area contributed by atoms with Gasteiger partial charge in [-0.25, -0.2) is 4.39 Å². The van der Waals surface area contributed by atoms with Crippen LogP contribution in [0.5, 0.6) is 0 Å². The van der Waals surface area contributed by atoms with Gasteiger partial charge in [0.2, 0.25) is 0 Å². The average molecular weight is 917 g/mol. The summed E-state index contributed by atoms with van der Waals surface area (Å²) in [6, 6.07) is 0. The number of aliphatic hydroxyl groups is 6. The minimum Gasteiger partial charge on any atom is -0.396 e. The van der Waals surface area contributed by atoms with E-state index in [2.05, 4.69) is 55.4 Å². The summed E-state index contributed by atoms with van der Waals surface area (Å²) >= 11 is 0. The molecule has 0 aliphatic carbocycles. The van der Waals surface area contributed by atoms with Crippen molar-refractivity contribution < 1.29 is 77.7 Å². The van der Waals surface area contributed by atoms with Crippen LogP contribution < -0.4 is 0 Å². The van der Waals surface area contributed by atoms with Crippen molar-refractivity contribution in [2.45, 2.75) is 188 Å². The van der Waals surface area contributed by atoms with Gasteiger partial charge < -0.3 is 73.3 Å². The Morgan fingerprint density at radius 1 is 0.429 bits per heavy atom. The topological polar surface area (TPSA) is 204 Å². The van der Waals surface area contributed by atoms with Crippen molar-refractivity contribution in [3.05, 3.63) is 0 Å². The molecule has 4 aliphatic rings. The van der Waals surface area contributed by atoms with Crippen molar-refractivity contribution in [3.63, 3.8) is 0 Å². The van der Waals surface area contributed by atoms with E-state index in [-0.39, 0.29) is 119 Å². The van der Waals surface area contributed by atoms with Crippen LogP contribution in [0.1, 0.15) is 108 Å². The predicted molar refractivity (Wildman–Crippen MR) is 239 cm³/mol. The van der Waals surface area contributed by atoms with Gasteiger partial charge >= 0.3 is 0 Å². The highest BCUT2D eigenvalue weighted by molar-refractivity contribution is 4.93. The summed E-state index contributed by atoms with van der Waals surface area (Å²) in [5, 5.41) is 53.2. The molecule has 4 rings (SSSR count). The Morgan fingerprint density at radius 2 is 0.778 bits per heavy atom. The summed E-state index contributed by atoms with van der Waals surface area (Å²) in [6.45, 7) is 25.5. The Kier molecular flexibility index (Phi) is 32.3. The van der Waals surface area contributed by atoms with Crippen LogP contribution in [-0.2, 0) is 42.6 Å². The van der Waals surface area contributed by atoms with E-state index < -0.39 is 12.8 Å². The summed E-state index contributed by atoms with van der Waals surface area (Å²) in [5.74, 6) is 2.49. The quantitative estimate of drug-likeness (QED) is 0.0745. The Morgan fingerprint density at radius 3 is 1.14 bits per heavy atom. The van der Waals surface area contributed by atoms with Gasteiger partial charge in [-0.3, -0.25) is 0 Å². The normalized spacial score (nSPS) is 35.1. The molecule has 0 aromatic heterocycles. The minimum absolute atomic E-state index is 0.0169. The van der Waals surface area contributed by atoms with Crippen molar-refractivity contribution >= 4 is 0 Å². The SMILES string of the molecule is CC(C)[C@H]1[C@@H](OCCCO)[C@H](C)O[C@@H]1C.CC(C)[C@H]1[C@@H](OCCCO)[C@H](C)O[C@@H]1CCO.CC(C)[C@H]1[C@@H](OCCCO)[C@H](C)O[C@@H]1CO.CO[C@H]1[C@@H](OCCCO)[C@H](C)O[C@@H]1CF. The van der Waals surface area contributed by atoms with Gasteiger partial charge in [0, 0.05) is 84.3 Å². The Labute approximate surface area is 379 Å². The molecule has 4 fully saturated rings. The third kappa shape index (κ3) is 19.8. The van der Waals surface area contributed by atoms with Gasteiger partial charge in [0.05, 0.1) is 67.6 Å². The lowest BCUT2D eigenvalue weighted by atomic mass is 9.85. The van der Waals surface area contributed by atoms with E-state index in [9.17, 15) is 9.50 Å². The molecule has 0 bridgehead atoms. The molecule has 15 nitrogen and oxygen atoms in total. The number of rotatable bonds is 24. The number of halogens is 1. The van der Waals surface area contributed by atoms with Crippen LogP contribution in [0, 0.1) is 35.5 Å². The smallest absolute Gasteiger partial charge is 0.118 e. The maximum Gasteiger partial charge on any atom is 0.118 e.